The standard InChI is InChI=1S/C28H22ClF3N6O2/c1-14(15-2-4-18(5-3-15)37-12-16-8-20(16)28(37)40)38-13-17(9-34-38)35-27(39)23-11-33-10-22(36-23)24-19(26(31)32)6-7-21(29)25(24)30/h2-7,9-11,13-14,16,20,26H,8,12H2,1H3,(H,35,39)/t14-,16+,20+/m0/s1. The predicted molar refractivity (Wildman–Crippen MR) is 142 cm³/mol. The van der Waals surface area contributed by atoms with E-state index in [0.29, 0.717) is 11.6 Å². The highest BCUT2D eigenvalue weighted by atomic mass is 35.5. The summed E-state index contributed by atoms with van der Waals surface area (Å²) in [5.74, 6) is -0.873. The molecule has 0 unspecified atom stereocenters. The van der Waals surface area contributed by atoms with Crippen molar-refractivity contribution in [1.82, 2.24) is 19.7 Å². The van der Waals surface area contributed by atoms with E-state index in [1.165, 1.54) is 6.20 Å². The predicted octanol–water partition coefficient (Wildman–Crippen LogP) is 5.91. The molecule has 2 aromatic carbocycles. The number of hydrogen-bond donors (Lipinski definition) is 1. The quantitative estimate of drug-likeness (QED) is 0.300. The van der Waals surface area contributed by atoms with Crippen LogP contribution in [0.4, 0.5) is 24.5 Å². The SMILES string of the molecule is C[C@@H](c1ccc(N2C[C@H]3C[C@H]3C2=O)cc1)n1cc(NC(=O)c2cncc(-c3c(C(F)F)ccc(Cl)c3F)n2)cn1. The summed E-state index contributed by atoms with van der Waals surface area (Å²) in [6.07, 6.45) is 3.34. The number of amides is 2. The number of piperidine rings is 1. The Morgan fingerprint density at radius 1 is 1.12 bits per heavy atom. The summed E-state index contributed by atoms with van der Waals surface area (Å²) in [4.78, 5) is 35.0. The first-order valence-corrected chi connectivity index (χ1v) is 12.9. The minimum atomic E-state index is -2.99. The smallest absolute Gasteiger partial charge is 0.275 e. The number of carbonyl (C=O) groups excluding carboxylic acids is 2. The van der Waals surface area contributed by atoms with Gasteiger partial charge in [0.1, 0.15) is 5.69 Å². The molecule has 2 amide bonds. The lowest BCUT2D eigenvalue weighted by Gasteiger charge is -2.19. The molecular formula is C28H22ClF3N6O2. The van der Waals surface area contributed by atoms with Crippen LogP contribution in [0, 0.1) is 17.7 Å². The molecule has 6 rings (SSSR count). The normalized spacial score (nSPS) is 18.6. The maximum Gasteiger partial charge on any atom is 0.275 e. The molecule has 1 saturated carbocycles. The Hall–Kier alpha value is -4.25. The van der Waals surface area contributed by atoms with Gasteiger partial charge in [0.05, 0.1) is 41.0 Å². The molecule has 2 aliphatic rings. The van der Waals surface area contributed by atoms with Gasteiger partial charge >= 0.3 is 0 Å². The van der Waals surface area contributed by atoms with Crippen LogP contribution in [-0.2, 0) is 4.79 Å². The monoisotopic (exact) mass is 566 g/mol. The molecule has 3 atom stereocenters. The molecule has 1 aliphatic carbocycles. The molecule has 8 nitrogen and oxygen atoms in total. The molecule has 4 aromatic rings. The van der Waals surface area contributed by atoms with Gasteiger partial charge in [-0.25, -0.2) is 18.2 Å². The van der Waals surface area contributed by atoms with Crippen molar-refractivity contribution >= 4 is 34.8 Å². The van der Waals surface area contributed by atoms with E-state index in [-0.39, 0.29) is 34.3 Å². The molecule has 204 valence electrons. The van der Waals surface area contributed by atoms with Crippen LogP contribution in [0.15, 0.2) is 61.2 Å². The Balaban J connectivity index is 1.16. The molecule has 0 spiro atoms. The number of aromatic nitrogens is 4. The first-order valence-electron chi connectivity index (χ1n) is 12.6. The van der Waals surface area contributed by atoms with Gasteiger partial charge in [0.15, 0.2) is 5.82 Å². The van der Waals surface area contributed by atoms with Crippen LogP contribution in [0.25, 0.3) is 11.3 Å². The summed E-state index contributed by atoms with van der Waals surface area (Å²) in [6.45, 7) is 2.72. The number of alkyl halides is 2. The van der Waals surface area contributed by atoms with Crippen molar-refractivity contribution < 1.29 is 22.8 Å². The van der Waals surface area contributed by atoms with Gasteiger partial charge in [-0.05, 0) is 43.0 Å². The summed E-state index contributed by atoms with van der Waals surface area (Å²) in [7, 11) is 0. The maximum absolute atomic E-state index is 14.7. The van der Waals surface area contributed by atoms with E-state index >= 15 is 0 Å². The van der Waals surface area contributed by atoms with Gasteiger partial charge < -0.3 is 10.2 Å². The molecule has 40 heavy (non-hydrogen) atoms. The van der Waals surface area contributed by atoms with E-state index in [4.69, 9.17) is 11.6 Å². The van der Waals surface area contributed by atoms with Gasteiger partial charge in [-0.3, -0.25) is 19.3 Å². The number of fused-ring (bicyclic) bond motifs is 1. The lowest BCUT2D eigenvalue weighted by atomic mass is 10.0. The van der Waals surface area contributed by atoms with Crippen LogP contribution >= 0.6 is 11.6 Å². The van der Waals surface area contributed by atoms with Crippen LogP contribution in [0.1, 0.15) is 47.4 Å². The second-order valence-corrected chi connectivity index (χ2v) is 10.3. The molecule has 2 fully saturated rings. The number of nitrogens with zero attached hydrogens (tertiary/aromatic N) is 5. The Morgan fingerprint density at radius 3 is 2.60 bits per heavy atom. The van der Waals surface area contributed by atoms with Crippen molar-refractivity contribution in [3.8, 4) is 11.3 Å². The van der Waals surface area contributed by atoms with Gasteiger partial charge in [0.2, 0.25) is 5.91 Å². The first-order chi connectivity index (χ1) is 19.2. The number of carbonyl (C=O) groups is 2. The molecule has 0 bridgehead atoms. The highest BCUT2D eigenvalue weighted by Crippen LogP contribution is 2.47. The summed E-state index contributed by atoms with van der Waals surface area (Å²) in [6, 6.07) is 9.61. The van der Waals surface area contributed by atoms with E-state index in [2.05, 4.69) is 20.4 Å². The molecule has 1 N–H and O–H groups in total. The third kappa shape index (κ3) is 4.70. The average Bonchev–Trinajstić information content (AvgIpc) is 3.45. The van der Waals surface area contributed by atoms with Crippen LogP contribution in [0.2, 0.25) is 5.02 Å². The number of benzene rings is 2. The van der Waals surface area contributed by atoms with E-state index in [1.807, 2.05) is 36.1 Å². The van der Waals surface area contributed by atoms with E-state index in [0.717, 1.165) is 48.7 Å². The zero-order valence-corrected chi connectivity index (χ0v) is 21.8. The zero-order chi connectivity index (χ0) is 28.1. The van der Waals surface area contributed by atoms with E-state index < -0.39 is 29.3 Å². The fourth-order valence-corrected chi connectivity index (χ4v) is 5.17. The van der Waals surface area contributed by atoms with Crippen molar-refractivity contribution in [1.29, 1.82) is 0 Å². The van der Waals surface area contributed by atoms with Gasteiger partial charge in [0, 0.05) is 35.5 Å². The molecule has 0 radical (unpaired) electrons. The first kappa shape index (κ1) is 26.0. The highest BCUT2D eigenvalue weighted by molar-refractivity contribution is 6.31. The number of rotatable bonds is 7. The fourth-order valence-electron chi connectivity index (χ4n) is 5.01. The van der Waals surface area contributed by atoms with Gasteiger partial charge in [-0.1, -0.05) is 29.8 Å². The third-order valence-corrected chi connectivity index (χ3v) is 7.64. The highest BCUT2D eigenvalue weighted by Gasteiger charge is 2.52. The fraction of sp³-hybridized carbons (Fsp3) is 0.250. The molecule has 1 saturated heterocycles. The summed E-state index contributed by atoms with van der Waals surface area (Å²) in [5, 5.41) is 6.63. The van der Waals surface area contributed by atoms with Gasteiger partial charge in [0.25, 0.3) is 12.3 Å². The second kappa shape index (κ2) is 10.1. The Kier molecular flexibility index (Phi) is 6.53. The number of halogens is 4. The van der Waals surface area contributed by atoms with Crippen LogP contribution in [0.5, 0.6) is 0 Å². The van der Waals surface area contributed by atoms with Crippen LogP contribution < -0.4 is 10.2 Å². The minimum absolute atomic E-state index is 0.177. The van der Waals surface area contributed by atoms with Gasteiger partial charge in [-0.2, -0.15) is 5.10 Å². The largest absolute Gasteiger partial charge is 0.318 e. The van der Waals surface area contributed by atoms with Crippen molar-refractivity contribution in [3.05, 3.63) is 88.8 Å². The van der Waals surface area contributed by atoms with Crippen LogP contribution in [0.3, 0.4) is 0 Å². The van der Waals surface area contributed by atoms with Crippen molar-refractivity contribution in [3.63, 3.8) is 0 Å². The molecular weight excluding hydrogens is 545 g/mol. The Labute approximate surface area is 231 Å². The molecule has 12 heteroatoms. The number of anilines is 2. The minimum Gasteiger partial charge on any atom is -0.318 e. The van der Waals surface area contributed by atoms with Crippen molar-refractivity contribution in [2.45, 2.75) is 25.8 Å². The maximum atomic E-state index is 14.7. The molecule has 1 aliphatic heterocycles. The van der Waals surface area contributed by atoms with E-state index in [9.17, 15) is 22.8 Å². The topological polar surface area (TPSA) is 93.0 Å². The lowest BCUT2D eigenvalue weighted by molar-refractivity contribution is -0.118. The van der Waals surface area contributed by atoms with Crippen LogP contribution in [-0.4, -0.2) is 38.1 Å². The lowest BCUT2D eigenvalue weighted by Crippen LogP contribution is -2.27. The van der Waals surface area contributed by atoms with Crippen molar-refractivity contribution in [2.75, 3.05) is 16.8 Å². The number of hydrogen-bond acceptors (Lipinski definition) is 5. The van der Waals surface area contributed by atoms with Gasteiger partial charge in [-0.15, -0.1) is 0 Å². The third-order valence-electron chi connectivity index (χ3n) is 7.35. The zero-order valence-electron chi connectivity index (χ0n) is 21.1. The summed E-state index contributed by atoms with van der Waals surface area (Å²) in [5.41, 5.74) is 0.626. The Bertz CT molecular complexity index is 1630. The average molecular weight is 567 g/mol. The van der Waals surface area contributed by atoms with Crippen molar-refractivity contribution in [2.24, 2.45) is 11.8 Å². The second-order valence-electron chi connectivity index (χ2n) is 9.90. The van der Waals surface area contributed by atoms with E-state index in [1.54, 1.807) is 10.9 Å². The molecule has 3 heterocycles. The summed E-state index contributed by atoms with van der Waals surface area (Å²) < 4.78 is 43.4. The Morgan fingerprint density at radius 2 is 1.90 bits per heavy atom. The molecule has 2 aromatic heterocycles. The number of nitrogens with one attached hydrogen (secondary N) is 1. The summed E-state index contributed by atoms with van der Waals surface area (Å²) >= 11 is 5.80.